The predicted molar refractivity (Wildman–Crippen MR) is 167 cm³/mol. The summed E-state index contributed by atoms with van der Waals surface area (Å²) in [5.74, 6) is -0.186. The van der Waals surface area contributed by atoms with Crippen LogP contribution in [0.5, 0.6) is 5.75 Å². The van der Waals surface area contributed by atoms with Gasteiger partial charge in [0.2, 0.25) is 11.8 Å². The Morgan fingerprint density at radius 2 is 1.60 bits per heavy atom. The summed E-state index contributed by atoms with van der Waals surface area (Å²) in [4.78, 5) is 29.3. The van der Waals surface area contributed by atoms with Crippen molar-refractivity contribution in [3.05, 3.63) is 89.0 Å². The fraction of sp³-hybridized carbons (Fsp3) is 0.394. The van der Waals surface area contributed by atoms with Crippen LogP contribution in [0.15, 0.2) is 71.6 Å². The lowest BCUT2D eigenvalue weighted by Crippen LogP contribution is -2.55. The van der Waals surface area contributed by atoms with Gasteiger partial charge >= 0.3 is 0 Å². The highest BCUT2D eigenvalue weighted by Gasteiger charge is 2.34. The van der Waals surface area contributed by atoms with Crippen LogP contribution >= 0.6 is 0 Å². The molecule has 0 heterocycles. The molecule has 0 radical (unpaired) electrons. The third-order valence-corrected chi connectivity index (χ3v) is 8.83. The van der Waals surface area contributed by atoms with Gasteiger partial charge in [0.25, 0.3) is 10.0 Å². The Morgan fingerprint density at radius 3 is 2.17 bits per heavy atom. The van der Waals surface area contributed by atoms with Crippen molar-refractivity contribution in [2.75, 3.05) is 18.0 Å². The number of amides is 2. The summed E-state index contributed by atoms with van der Waals surface area (Å²) in [6.07, 6.45) is 0.339. The van der Waals surface area contributed by atoms with Crippen LogP contribution in [0.1, 0.15) is 56.4 Å². The Labute approximate surface area is 250 Å². The van der Waals surface area contributed by atoms with Crippen LogP contribution in [0.2, 0.25) is 0 Å². The van der Waals surface area contributed by atoms with Gasteiger partial charge in [0, 0.05) is 12.1 Å². The maximum Gasteiger partial charge on any atom is 0.264 e. The molecule has 0 aromatic heterocycles. The molecule has 0 saturated heterocycles. The molecular formula is C33H43N3O5S. The van der Waals surface area contributed by atoms with Gasteiger partial charge in [0.15, 0.2) is 0 Å². The van der Waals surface area contributed by atoms with Crippen molar-refractivity contribution in [3.63, 3.8) is 0 Å². The molecule has 0 bridgehead atoms. The molecule has 3 rings (SSSR count). The van der Waals surface area contributed by atoms with Crippen molar-refractivity contribution in [1.29, 1.82) is 0 Å². The first kappa shape index (κ1) is 32.7. The van der Waals surface area contributed by atoms with Crippen LogP contribution in [0.3, 0.4) is 0 Å². The van der Waals surface area contributed by atoms with E-state index in [0.29, 0.717) is 17.9 Å². The van der Waals surface area contributed by atoms with Crippen LogP contribution in [-0.2, 0) is 26.2 Å². The second-order valence-corrected chi connectivity index (χ2v) is 13.5. The number of nitrogens with one attached hydrogen (secondary N) is 1. The summed E-state index contributed by atoms with van der Waals surface area (Å²) >= 11 is 0. The van der Waals surface area contributed by atoms with Gasteiger partial charge in [-0.2, -0.15) is 0 Å². The lowest BCUT2D eigenvalue weighted by Gasteiger charge is -2.35. The first-order valence-electron chi connectivity index (χ1n) is 14.1. The number of hydrogen-bond donors (Lipinski definition) is 1. The van der Waals surface area contributed by atoms with Crippen molar-refractivity contribution < 1.29 is 22.7 Å². The highest BCUT2D eigenvalue weighted by molar-refractivity contribution is 7.92. The molecule has 1 N–H and O–H groups in total. The number of nitrogens with zero attached hydrogens (tertiary/aromatic N) is 2. The van der Waals surface area contributed by atoms with Gasteiger partial charge in [-0.25, -0.2) is 8.42 Å². The standard InChI is InChI=1S/C33H43N3O5S/c1-9-30(32(38)34-33(5,6)7)35(21-26-11-10-12-28(20-26)41-8)31(37)22-36(27-16-15-24(3)25(4)19-27)42(39,40)29-17-13-23(2)14-18-29/h10-20,30H,9,21-22H2,1-8H3,(H,34,38). The number of rotatable bonds is 11. The number of ether oxygens (including phenoxy) is 1. The number of carbonyl (C=O) groups excluding carboxylic acids is 2. The van der Waals surface area contributed by atoms with E-state index in [4.69, 9.17) is 4.74 Å². The smallest absolute Gasteiger partial charge is 0.264 e. The number of sulfonamides is 1. The highest BCUT2D eigenvalue weighted by atomic mass is 32.2. The molecule has 3 aromatic carbocycles. The van der Waals surface area contributed by atoms with Gasteiger partial charge in [-0.05, 0) is 101 Å². The van der Waals surface area contributed by atoms with E-state index in [1.54, 1.807) is 55.6 Å². The van der Waals surface area contributed by atoms with E-state index < -0.39 is 34.1 Å². The lowest BCUT2D eigenvalue weighted by molar-refractivity contribution is -0.141. The molecular weight excluding hydrogens is 550 g/mol. The highest BCUT2D eigenvalue weighted by Crippen LogP contribution is 2.27. The van der Waals surface area contributed by atoms with E-state index in [2.05, 4.69) is 5.32 Å². The molecule has 0 saturated carbocycles. The van der Waals surface area contributed by atoms with Gasteiger partial charge in [-0.15, -0.1) is 0 Å². The second-order valence-electron chi connectivity index (χ2n) is 11.6. The Bertz CT molecular complexity index is 1510. The minimum atomic E-state index is -4.13. The summed E-state index contributed by atoms with van der Waals surface area (Å²) in [5.41, 5.74) is 3.43. The van der Waals surface area contributed by atoms with E-state index in [9.17, 15) is 18.0 Å². The molecule has 3 aromatic rings. The SMILES string of the molecule is CCC(C(=O)NC(C)(C)C)N(Cc1cccc(OC)c1)C(=O)CN(c1ccc(C)c(C)c1)S(=O)(=O)c1ccc(C)cc1. The molecule has 0 fully saturated rings. The topological polar surface area (TPSA) is 96.0 Å². The second kappa shape index (κ2) is 13.4. The van der Waals surface area contributed by atoms with Crippen LogP contribution in [0, 0.1) is 20.8 Å². The van der Waals surface area contributed by atoms with Crippen LogP contribution < -0.4 is 14.4 Å². The molecule has 8 nitrogen and oxygen atoms in total. The van der Waals surface area contributed by atoms with E-state index in [1.807, 2.05) is 66.7 Å². The van der Waals surface area contributed by atoms with E-state index in [1.165, 1.54) is 4.90 Å². The number of aryl methyl sites for hydroxylation is 3. The van der Waals surface area contributed by atoms with Gasteiger partial charge in [0.1, 0.15) is 18.3 Å². The Morgan fingerprint density at radius 1 is 0.929 bits per heavy atom. The molecule has 9 heteroatoms. The zero-order chi connectivity index (χ0) is 31.2. The zero-order valence-electron chi connectivity index (χ0n) is 25.9. The molecule has 0 aliphatic carbocycles. The third-order valence-electron chi connectivity index (χ3n) is 7.04. The number of benzene rings is 3. The summed E-state index contributed by atoms with van der Waals surface area (Å²) in [5, 5.41) is 2.98. The molecule has 42 heavy (non-hydrogen) atoms. The normalized spacial score (nSPS) is 12.4. The summed E-state index contributed by atoms with van der Waals surface area (Å²) < 4.78 is 34.6. The van der Waals surface area contributed by atoms with E-state index >= 15 is 0 Å². The summed E-state index contributed by atoms with van der Waals surface area (Å²) in [7, 11) is -2.57. The van der Waals surface area contributed by atoms with Gasteiger partial charge < -0.3 is 15.0 Å². The van der Waals surface area contributed by atoms with Crippen molar-refractivity contribution in [1.82, 2.24) is 10.2 Å². The first-order valence-corrected chi connectivity index (χ1v) is 15.5. The van der Waals surface area contributed by atoms with Gasteiger partial charge in [0.05, 0.1) is 17.7 Å². The van der Waals surface area contributed by atoms with Gasteiger partial charge in [-0.3, -0.25) is 13.9 Å². The number of methoxy groups -OCH3 is 1. The number of anilines is 1. The fourth-order valence-electron chi connectivity index (χ4n) is 4.59. The van der Waals surface area contributed by atoms with Crippen molar-refractivity contribution in [3.8, 4) is 5.75 Å². The van der Waals surface area contributed by atoms with Crippen LogP contribution in [0.4, 0.5) is 5.69 Å². The minimum absolute atomic E-state index is 0.0796. The zero-order valence-corrected chi connectivity index (χ0v) is 26.7. The maximum atomic E-state index is 14.2. The third kappa shape index (κ3) is 8.12. The molecule has 2 amide bonds. The monoisotopic (exact) mass is 593 g/mol. The number of carbonyl (C=O) groups is 2. The minimum Gasteiger partial charge on any atom is -0.497 e. The summed E-state index contributed by atoms with van der Waals surface area (Å²) in [6, 6.07) is 18.3. The molecule has 1 atom stereocenters. The van der Waals surface area contributed by atoms with Crippen molar-refractivity contribution >= 4 is 27.5 Å². The molecule has 226 valence electrons. The average molecular weight is 594 g/mol. The largest absolute Gasteiger partial charge is 0.497 e. The van der Waals surface area contributed by atoms with E-state index in [0.717, 1.165) is 26.6 Å². The lowest BCUT2D eigenvalue weighted by atomic mass is 10.1. The maximum absolute atomic E-state index is 14.2. The Kier molecular flexibility index (Phi) is 10.4. The quantitative estimate of drug-likeness (QED) is 0.315. The van der Waals surface area contributed by atoms with Gasteiger partial charge in [-0.1, -0.05) is 42.8 Å². The summed E-state index contributed by atoms with van der Waals surface area (Å²) in [6.45, 7) is 12.8. The van der Waals surface area contributed by atoms with Crippen molar-refractivity contribution in [2.45, 2.75) is 77.9 Å². The van der Waals surface area contributed by atoms with Crippen LogP contribution in [-0.4, -0.2) is 50.4 Å². The average Bonchev–Trinajstić information content (AvgIpc) is 2.92. The van der Waals surface area contributed by atoms with Crippen LogP contribution in [0.25, 0.3) is 0 Å². The Hall–Kier alpha value is -3.85. The first-order chi connectivity index (χ1) is 19.7. The number of hydrogen-bond acceptors (Lipinski definition) is 5. The fourth-order valence-corrected chi connectivity index (χ4v) is 5.99. The van der Waals surface area contributed by atoms with E-state index in [-0.39, 0.29) is 17.3 Å². The predicted octanol–water partition coefficient (Wildman–Crippen LogP) is 5.54. The molecule has 0 aliphatic rings. The molecule has 0 aliphatic heterocycles. The molecule has 0 spiro atoms. The van der Waals surface area contributed by atoms with Crippen molar-refractivity contribution in [2.24, 2.45) is 0 Å². The Balaban J connectivity index is 2.11. The molecule has 1 unspecified atom stereocenters.